The topological polar surface area (TPSA) is 160 Å². The van der Waals surface area contributed by atoms with Gasteiger partial charge in [-0.15, -0.1) is 0 Å². The van der Waals surface area contributed by atoms with Crippen LogP contribution in [0.5, 0.6) is 0 Å². The van der Waals surface area contributed by atoms with Crippen molar-refractivity contribution >= 4 is 23.7 Å². The van der Waals surface area contributed by atoms with Gasteiger partial charge in [0, 0.05) is 25.9 Å². The van der Waals surface area contributed by atoms with Crippen molar-refractivity contribution in [3.05, 3.63) is 60.2 Å². The van der Waals surface area contributed by atoms with Gasteiger partial charge in [-0.25, -0.2) is 0 Å². The van der Waals surface area contributed by atoms with Crippen LogP contribution in [0.2, 0.25) is 0 Å². The second-order valence-corrected chi connectivity index (χ2v) is 7.62. The van der Waals surface area contributed by atoms with Gasteiger partial charge < -0.3 is 27.2 Å². The fourth-order valence-corrected chi connectivity index (χ4v) is 2.78. The summed E-state index contributed by atoms with van der Waals surface area (Å²) >= 11 is 0. The molecule has 0 aliphatic heterocycles. The number of aliphatic carboxylic acids is 1. The molecule has 2 amide bonds. The number of nitrogens with one attached hydrogen (secondary N) is 2. The predicted molar refractivity (Wildman–Crippen MR) is 134 cm³/mol. The minimum atomic E-state index is -0.904. The SMILES string of the molecule is Cc1ccc(-c2ccccc2)cc1.NC(N)=NCCCCC(=O)NCC(=O)NCCCC(=O)O. The average molecular weight is 470 g/mol. The van der Waals surface area contributed by atoms with Gasteiger partial charge >= 0.3 is 5.97 Å². The molecule has 0 radical (unpaired) electrons. The standard InChI is InChI=1S/C13H12.C12H23N5O4/c1-11-7-9-13(10-8-11)12-5-3-2-4-6-12;13-12(14)16-6-2-1-4-9(18)17-8-10(19)15-7-3-5-11(20)21/h2-10H,1H3;1-8H2,(H,15,19)(H,17,18)(H,20,21)(H4,13,14,16). The third-order valence-corrected chi connectivity index (χ3v) is 4.60. The Kier molecular flexibility index (Phi) is 13.8. The van der Waals surface area contributed by atoms with Crippen molar-refractivity contribution in [3.8, 4) is 11.1 Å². The highest BCUT2D eigenvalue weighted by Crippen LogP contribution is 2.18. The first-order valence-electron chi connectivity index (χ1n) is 11.2. The minimum absolute atomic E-state index is 0.00242. The molecule has 0 saturated carbocycles. The normalized spacial score (nSPS) is 9.79. The maximum absolute atomic E-state index is 11.4. The number of unbranched alkanes of at least 4 members (excludes halogenated alkanes) is 1. The molecule has 7 N–H and O–H groups in total. The molecule has 0 unspecified atom stereocenters. The van der Waals surface area contributed by atoms with Gasteiger partial charge in [0.05, 0.1) is 6.54 Å². The summed E-state index contributed by atoms with van der Waals surface area (Å²) < 4.78 is 0. The van der Waals surface area contributed by atoms with Gasteiger partial charge in [-0.05, 0) is 37.3 Å². The van der Waals surface area contributed by atoms with E-state index in [1.807, 2.05) is 6.07 Å². The van der Waals surface area contributed by atoms with Crippen LogP contribution >= 0.6 is 0 Å². The molecular formula is C25H35N5O4. The van der Waals surface area contributed by atoms with Crippen LogP contribution in [0.25, 0.3) is 11.1 Å². The third-order valence-electron chi connectivity index (χ3n) is 4.60. The van der Waals surface area contributed by atoms with E-state index < -0.39 is 5.97 Å². The van der Waals surface area contributed by atoms with Crippen LogP contribution in [0.15, 0.2) is 59.6 Å². The van der Waals surface area contributed by atoms with Crippen molar-refractivity contribution in [2.45, 2.75) is 39.0 Å². The van der Waals surface area contributed by atoms with E-state index in [1.165, 1.54) is 16.7 Å². The van der Waals surface area contributed by atoms with Gasteiger partial charge in [0.1, 0.15) is 0 Å². The number of carboxylic acid groups (broad SMARTS) is 1. The molecule has 184 valence electrons. The Hall–Kier alpha value is -3.88. The van der Waals surface area contributed by atoms with E-state index in [9.17, 15) is 14.4 Å². The number of aryl methyl sites for hydroxylation is 1. The van der Waals surface area contributed by atoms with Gasteiger partial charge in [0.25, 0.3) is 0 Å². The fourth-order valence-electron chi connectivity index (χ4n) is 2.78. The summed E-state index contributed by atoms with van der Waals surface area (Å²) in [7, 11) is 0. The molecule has 0 heterocycles. The Labute approximate surface area is 200 Å². The number of aliphatic imine (C=N–C) groups is 1. The van der Waals surface area contributed by atoms with Crippen LogP contribution in [0.1, 0.15) is 37.7 Å². The van der Waals surface area contributed by atoms with Gasteiger partial charge in [-0.2, -0.15) is 0 Å². The first kappa shape index (κ1) is 28.2. The molecule has 0 atom stereocenters. The minimum Gasteiger partial charge on any atom is -0.481 e. The Morgan fingerprint density at radius 1 is 0.824 bits per heavy atom. The maximum Gasteiger partial charge on any atom is 0.303 e. The molecule has 0 aliphatic rings. The molecule has 0 aliphatic carbocycles. The number of carbonyl (C=O) groups excluding carboxylic acids is 2. The first-order chi connectivity index (χ1) is 16.3. The van der Waals surface area contributed by atoms with Crippen LogP contribution in [0, 0.1) is 6.92 Å². The summed E-state index contributed by atoms with van der Waals surface area (Å²) in [6.45, 7) is 2.74. The molecule has 0 spiro atoms. The highest BCUT2D eigenvalue weighted by atomic mass is 16.4. The number of amides is 2. The molecular weight excluding hydrogens is 434 g/mol. The van der Waals surface area contributed by atoms with Crippen LogP contribution in [0.4, 0.5) is 0 Å². The van der Waals surface area contributed by atoms with E-state index in [2.05, 4.69) is 71.1 Å². The number of nitrogens with two attached hydrogens (primary N) is 2. The Morgan fingerprint density at radius 2 is 1.47 bits per heavy atom. The quantitative estimate of drug-likeness (QED) is 0.182. The van der Waals surface area contributed by atoms with Crippen LogP contribution in [-0.4, -0.2) is 48.5 Å². The van der Waals surface area contributed by atoms with E-state index in [1.54, 1.807) is 0 Å². The van der Waals surface area contributed by atoms with Gasteiger partial charge in [0.15, 0.2) is 5.96 Å². The van der Waals surface area contributed by atoms with E-state index in [-0.39, 0.29) is 37.3 Å². The number of hydrogen-bond acceptors (Lipinski definition) is 4. The smallest absolute Gasteiger partial charge is 0.303 e. The Bertz CT molecular complexity index is 911. The number of guanidine groups is 1. The molecule has 9 heteroatoms. The molecule has 0 saturated heterocycles. The van der Waals surface area contributed by atoms with Crippen molar-refractivity contribution in [2.24, 2.45) is 16.5 Å². The highest BCUT2D eigenvalue weighted by Gasteiger charge is 2.05. The predicted octanol–water partition coefficient (Wildman–Crippen LogP) is 2.19. The summed E-state index contributed by atoms with van der Waals surface area (Å²) in [5.74, 6) is -1.44. The first-order valence-corrected chi connectivity index (χ1v) is 11.2. The molecule has 34 heavy (non-hydrogen) atoms. The van der Waals surface area contributed by atoms with Crippen LogP contribution in [0.3, 0.4) is 0 Å². The Balaban J connectivity index is 0.000000375. The number of benzene rings is 2. The zero-order valence-corrected chi connectivity index (χ0v) is 19.6. The molecule has 0 aromatic heterocycles. The third kappa shape index (κ3) is 14.2. The molecule has 2 aromatic rings. The van der Waals surface area contributed by atoms with Gasteiger partial charge in [0.2, 0.25) is 11.8 Å². The lowest BCUT2D eigenvalue weighted by molar-refractivity contribution is -0.137. The summed E-state index contributed by atoms with van der Waals surface area (Å²) in [6, 6.07) is 19.0. The molecule has 0 fully saturated rings. The van der Waals surface area contributed by atoms with Crippen molar-refractivity contribution in [2.75, 3.05) is 19.6 Å². The van der Waals surface area contributed by atoms with Crippen molar-refractivity contribution in [3.63, 3.8) is 0 Å². The van der Waals surface area contributed by atoms with E-state index >= 15 is 0 Å². The number of hydrogen-bond donors (Lipinski definition) is 5. The van der Waals surface area contributed by atoms with Crippen LogP contribution in [-0.2, 0) is 14.4 Å². The zero-order valence-electron chi connectivity index (χ0n) is 19.6. The second-order valence-electron chi connectivity index (χ2n) is 7.62. The zero-order chi connectivity index (χ0) is 25.2. The van der Waals surface area contributed by atoms with Crippen molar-refractivity contribution < 1.29 is 19.5 Å². The molecule has 0 bridgehead atoms. The fraction of sp³-hybridized carbons (Fsp3) is 0.360. The maximum atomic E-state index is 11.4. The Morgan fingerprint density at radius 3 is 2.09 bits per heavy atom. The van der Waals surface area contributed by atoms with Gasteiger partial charge in [-0.3, -0.25) is 19.4 Å². The van der Waals surface area contributed by atoms with E-state index in [4.69, 9.17) is 16.6 Å². The largest absolute Gasteiger partial charge is 0.481 e. The number of carbonyl (C=O) groups is 3. The highest BCUT2D eigenvalue weighted by molar-refractivity contribution is 5.84. The van der Waals surface area contributed by atoms with E-state index in [0.29, 0.717) is 32.2 Å². The lowest BCUT2D eigenvalue weighted by Crippen LogP contribution is -2.37. The summed E-state index contributed by atoms with van der Waals surface area (Å²) in [4.78, 5) is 36.8. The monoisotopic (exact) mass is 469 g/mol. The summed E-state index contributed by atoms with van der Waals surface area (Å²) in [6.07, 6.45) is 1.98. The average Bonchev–Trinajstić information content (AvgIpc) is 2.81. The second kappa shape index (κ2) is 16.7. The lowest BCUT2D eigenvalue weighted by Gasteiger charge is -2.06. The van der Waals surface area contributed by atoms with E-state index in [0.717, 1.165) is 0 Å². The van der Waals surface area contributed by atoms with Crippen molar-refractivity contribution in [1.82, 2.24) is 10.6 Å². The molecule has 2 aromatic carbocycles. The number of nitrogens with zero attached hydrogens (tertiary/aromatic N) is 1. The van der Waals surface area contributed by atoms with Crippen molar-refractivity contribution in [1.29, 1.82) is 0 Å². The molecule has 9 nitrogen and oxygen atoms in total. The lowest BCUT2D eigenvalue weighted by atomic mass is 10.0. The summed E-state index contributed by atoms with van der Waals surface area (Å²) in [5, 5.41) is 13.4. The van der Waals surface area contributed by atoms with Crippen LogP contribution < -0.4 is 22.1 Å². The number of carboxylic acids is 1. The van der Waals surface area contributed by atoms with Gasteiger partial charge in [-0.1, -0.05) is 60.2 Å². The molecule has 2 rings (SSSR count). The summed E-state index contributed by atoms with van der Waals surface area (Å²) in [5.41, 5.74) is 14.2. The number of rotatable bonds is 12.